The number of hydrogen-bond acceptors (Lipinski definition) is 9. The summed E-state index contributed by atoms with van der Waals surface area (Å²) >= 11 is 0. The third-order valence-electron chi connectivity index (χ3n) is 8.96. The van der Waals surface area contributed by atoms with Crippen LogP contribution in [0.25, 0.3) is 0 Å². The zero-order chi connectivity index (χ0) is 29.8. The van der Waals surface area contributed by atoms with Gasteiger partial charge in [-0.1, -0.05) is 6.92 Å². The van der Waals surface area contributed by atoms with Gasteiger partial charge in [0.05, 0.1) is 21.2 Å². The molecule has 6 atom stereocenters. The van der Waals surface area contributed by atoms with E-state index in [9.17, 15) is 26.4 Å². The van der Waals surface area contributed by atoms with Crippen LogP contribution in [-0.4, -0.2) is 67.8 Å². The second-order valence-electron chi connectivity index (χ2n) is 14.1. The van der Waals surface area contributed by atoms with Gasteiger partial charge in [-0.2, -0.15) is 0 Å². The lowest BCUT2D eigenvalue weighted by atomic mass is 9.78. The average molecular weight is 593 g/mol. The van der Waals surface area contributed by atoms with Crippen LogP contribution in [0, 0.1) is 23.7 Å². The fraction of sp³-hybridized carbons (Fsp3) is 0.929. The molecule has 11 heteroatoms. The number of hydrogen-bond donors (Lipinski definition) is 0. The molecule has 3 saturated carbocycles. The Morgan fingerprint density at radius 2 is 1.33 bits per heavy atom. The lowest BCUT2D eigenvalue weighted by Crippen LogP contribution is -2.56. The Labute approximate surface area is 234 Å². The van der Waals surface area contributed by atoms with Gasteiger partial charge in [0, 0.05) is 6.26 Å². The second-order valence-corrected chi connectivity index (χ2v) is 18.8. The van der Waals surface area contributed by atoms with E-state index in [1.165, 1.54) is 0 Å². The highest BCUT2D eigenvalue weighted by Crippen LogP contribution is 2.57. The highest BCUT2D eigenvalue weighted by atomic mass is 32.2. The molecule has 226 valence electrons. The summed E-state index contributed by atoms with van der Waals surface area (Å²) < 4.78 is 70.3. The average Bonchev–Trinajstić information content (AvgIpc) is 3.35. The van der Waals surface area contributed by atoms with Crippen LogP contribution in [0.1, 0.15) is 100 Å². The first-order valence-corrected chi connectivity index (χ1v) is 17.7. The van der Waals surface area contributed by atoms with E-state index in [4.69, 9.17) is 14.2 Å². The first-order valence-electron chi connectivity index (χ1n) is 14.2. The van der Waals surface area contributed by atoms with Crippen molar-refractivity contribution in [2.75, 3.05) is 6.26 Å². The van der Waals surface area contributed by atoms with Crippen molar-refractivity contribution in [2.45, 2.75) is 133 Å². The van der Waals surface area contributed by atoms with E-state index in [0.717, 1.165) is 6.26 Å². The van der Waals surface area contributed by atoms with Crippen LogP contribution in [0.4, 0.5) is 4.79 Å². The van der Waals surface area contributed by atoms with Crippen LogP contribution >= 0.6 is 0 Å². The van der Waals surface area contributed by atoms with Gasteiger partial charge in [0.2, 0.25) is 0 Å². The number of carbonyl (C=O) groups excluding carboxylic acids is 2. The molecule has 3 aliphatic rings. The number of rotatable bonds is 7. The van der Waals surface area contributed by atoms with Gasteiger partial charge in [-0.3, -0.25) is 4.79 Å². The zero-order valence-corrected chi connectivity index (χ0v) is 26.6. The van der Waals surface area contributed by atoms with E-state index in [2.05, 4.69) is 0 Å². The van der Waals surface area contributed by atoms with Crippen molar-refractivity contribution in [1.82, 2.24) is 0 Å². The molecular weight excluding hydrogens is 544 g/mol. The molecule has 3 fully saturated rings. The van der Waals surface area contributed by atoms with Crippen LogP contribution in [-0.2, 0) is 38.7 Å². The summed E-state index contributed by atoms with van der Waals surface area (Å²) in [6, 6.07) is 0. The third-order valence-corrected chi connectivity index (χ3v) is 14.1. The Hall–Kier alpha value is -1.36. The number of fused-ring (bicyclic) bond motifs is 2. The van der Waals surface area contributed by atoms with Gasteiger partial charge in [-0.05, 0) is 111 Å². The van der Waals surface area contributed by atoms with Crippen molar-refractivity contribution in [3.05, 3.63) is 0 Å². The van der Waals surface area contributed by atoms with E-state index in [1.807, 2.05) is 6.92 Å². The summed E-state index contributed by atoms with van der Waals surface area (Å²) in [5.41, 5.74) is -1.37. The SMILES string of the molecule is CCC(C)(C1CCC(OC(=O)OC(C)(C)C)CC1)S(=O)(=O)C1C2CC(C(=O)OC(C)(C)C)C(C2)C1S(C)(=O)=O. The molecule has 0 amide bonds. The molecule has 39 heavy (non-hydrogen) atoms. The van der Waals surface area contributed by atoms with Crippen molar-refractivity contribution in [1.29, 1.82) is 0 Å². The monoisotopic (exact) mass is 592 g/mol. The predicted molar refractivity (Wildman–Crippen MR) is 149 cm³/mol. The molecule has 9 nitrogen and oxygen atoms in total. The van der Waals surface area contributed by atoms with Crippen molar-refractivity contribution < 1.29 is 40.6 Å². The molecule has 0 N–H and O–H groups in total. The van der Waals surface area contributed by atoms with E-state index in [-0.39, 0.29) is 12.0 Å². The van der Waals surface area contributed by atoms with Crippen molar-refractivity contribution in [3.8, 4) is 0 Å². The summed E-state index contributed by atoms with van der Waals surface area (Å²) in [6.45, 7) is 14.2. The first-order chi connectivity index (χ1) is 17.6. The van der Waals surface area contributed by atoms with Crippen LogP contribution in [0.5, 0.6) is 0 Å². The Bertz CT molecular complexity index is 1140. The minimum atomic E-state index is -3.93. The molecule has 6 unspecified atom stereocenters. The fourth-order valence-electron chi connectivity index (χ4n) is 7.13. The second kappa shape index (κ2) is 10.8. The van der Waals surface area contributed by atoms with Crippen LogP contribution < -0.4 is 0 Å². The summed E-state index contributed by atoms with van der Waals surface area (Å²) in [5, 5.41) is -2.17. The minimum absolute atomic E-state index is 0.202. The molecule has 3 rings (SSSR count). The van der Waals surface area contributed by atoms with Gasteiger partial charge >= 0.3 is 12.1 Å². The highest BCUT2D eigenvalue weighted by Gasteiger charge is 2.65. The molecule has 0 spiro atoms. The summed E-state index contributed by atoms with van der Waals surface area (Å²) in [4.78, 5) is 25.1. The maximum absolute atomic E-state index is 14.5. The third kappa shape index (κ3) is 6.76. The van der Waals surface area contributed by atoms with Gasteiger partial charge in [0.25, 0.3) is 0 Å². The summed E-state index contributed by atoms with van der Waals surface area (Å²) in [6.07, 6.45) is 3.20. The van der Waals surface area contributed by atoms with Gasteiger partial charge in [0.15, 0.2) is 19.7 Å². The van der Waals surface area contributed by atoms with E-state index < -0.39 is 76.0 Å². The summed E-state index contributed by atoms with van der Waals surface area (Å²) in [5.74, 6) is -2.24. The molecule has 0 heterocycles. The van der Waals surface area contributed by atoms with Gasteiger partial charge in [-0.25, -0.2) is 21.6 Å². The Morgan fingerprint density at radius 3 is 1.79 bits per heavy atom. The zero-order valence-electron chi connectivity index (χ0n) is 25.0. The predicted octanol–water partition coefficient (Wildman–Crippen LogP) is 4.86. The fourth-order valence-corrected chi connectivity index (χ4v) is 12.8. The van der Waals surface area contributed by atoms with E-state index in [1.54, 1.807) is 48.5 Å². The quantitative estimate of drug-likeness (QED) is 0.380. The van der Waals surface area contributed by atoms with Gasteiger partial charge in [-0.15, -0.1) is 0 Å². The summed E-state index contributed by atoms with van der Waals surface area (Å²) in [7, 11) is -7.70. The normalized spacial score (nSPS) is 33.3. The largest absolute Gasteiger partial charge is 0.509 e. The molecule has 0 radical (unpaired) electrons. The maximum Gasteiger partial charge on any atom is 0.509 e. The van der Waals surface area contributed by atoms with Crippen LogP contribution in [0.15, 0.2) is 0 Å². The molecule has 0 aromatic carbocycles. The molecular formula is C28H48O9S2. The van der Waals surface area contributed by atoms with Crippen molar-refractivity contribution in [3.63, 3.8) is 0 Å². The maximum atomic E-state index is 14.5. The highest BCUT2D eigenvalue weighted by molar-refractivity contribution is 7.96. The van der Waals surface area contributed by atoms with Crippen LogP contribution in [0.2, 0.25) is 0 Å². The lowest BCUT2D eigenvalue weighted by Gasteiger charge is -2.44. The molecule has 0 aromatic rings. The van der Waals surface area contributed by atoms with Gasteiger partial charge < -0.3 is 14.2 Å². The molecule has 3 aliphatic carbocycles. The Balaban J connectivity index is 1.81. The topological polar surface area (TPSA) is 130 Å². The van der Waals surface area contributed by atoms with E-state index >= 15 is 0 Å². The first kappa shape index (κ1) is 32.2. The van der Waals surface area contributed by atoms with Crippen molar-refractivity contribution in [2.24, 2.45) is 23.7 Å². The van der Waals surface area contributed by atoms with E-state index in [0.29, 0.717) is 44.9 Å². The number of ether oxygens (including phenoxy) is 3. The Kier molecular flexibility index (Phi) is 8.91. The Morgan fingerprint density at radius 1 is 0.795 bits per heavy atom. The minimum Gasteiger partial charge on any atom is -0.460 e. The number of carbonyl (C=O) groups is 2. The molecule has 0 aromatic heterocycles. The molecule has 0 saturated heterocycles. The molecule has 0 aliphatic heterocycles. The lowest BCUT2D eigenvalue weighted by molar-refractivity contribution is -0.161. The van der Waals surface area contributed by atoms with Gasteiger partial charge in [0.1, 0.15) is 17.3 Å². The standard InChI is InChI=1S/C28H48O9S2/c1-10-28(8,18-11-13-19(14-12-18)35-25(30)37-27(5,6)7)39(33,34)22-17-15-20(23(22)38(9,31)32)21(16-17)24(29)36-26(2,3)4/h17-23H,10-16H2,1-9H3. The number of esters is 1. The molecule has 2 bridgehead atoms. The van der Waals surface area contributed by atoms with Crippen molar-refractivity contribution >= 4 is 31.8 Å². The smallest absolute Gasteiger partial charge is 0.460 e. The number of sulfone groups is 2. The van der Waals surface area contributed by atoms with Crippen LogP contribution in [0.3, 0.4) is 0 Å².